The van der Waals surface area contributed by atoms with Crippen LogP contribution in [-0.4, -0.2) is 29.8 Å². The highest BCUT2D eigenvalue weighted by Crippen LogP contribution is 2.31. The van der Waals surface area contributed by atoms with Gasteiger partial charge in [0.2, 0.25) is 0 Å². The summed E-state index contributed by atoms with van der Waals surface area (Å²) in [7, 11) is 0. The topological polar surface area (TPSA) is 32.3 Å². The van der Waals surface area contributed by atoms with Crippen molar-refractivity contribution in [3.05, 3.63) is 35.4 Å². The first kappa shape index (κ1) is 16.3. The molecule has 0 aliphatic heterocycles. The van der Waals surface area contributed by atoms with Crippen LogP contribution < -0.4 is 5.32 Å². The molecule has 0 saturated heterocycles. The maximum atomic E-state index is 12.8. The molecule has 1 aromatic carbocycles. The van der Waals surface area contributed by atoms with Crippen molar-refractivity contribution in [1.82, 2.24) is 5.32 Å². The summed E-state index contributed by atoms with van der Waals surface area (Å²) in [6, 6.07) is 5.57. The summed E-state index contributed by atoms with van der Waals surface area (Å²) in [6.07, 6.45) is -1.87. The molecule has 1 rings (SSSR count). The number of aliphatic hydroxyl groups is 1. The Morgan fingerprint density at radius 1 is 1.32 bits per heavy atom. The van der Waals surface area contributed by atoms with E-state index < -0.39 is 11.7 Å². The average molecular weight is 293 g/mol. The molecule has 1 aromatic rings. The van der Waals surface area contributed by atoms with Gasteiger partial charge in [-0.15, -0.1) is 0 Å². The first-order valence-electron chi connectivity index (χ1n) is 5.97. The lowest BCUT2D eigenvalue weighted by atomic mass is 10.1. The second-order valence-corrected chi connectivity index (χ2v) is 5.11. The fourth-order valence-corrected chi connectivity index (χ4v) is 2.49. The predicted molar refractivity (Wildman–Crippen MR) is 72.2 cm³/mol. The van der Waals surface area contributed by atoms with Gasteiger partial charge in [0.25, 0.3) is 0 Å². The van der Waals surface area contributed by atoms with Crippen molar-refractivity contribution < 1.29 is 18.3 Å². The molecule has 0 radical (unpaired) electrons. The molecule has 0 amide bonds. The van der Waals surface area contributed by atoms with Gasteiger partial charge in [0.15, 0.2) is 0 Å². The van der Waals surface area contributed by atoms with E-state index in [1.54, 1.807) is 17.8 Å². The lowest BCUT2D eigenvalue weighted by Crippen LogP contribution is -2.32. The SMILES string of the molecule is CSCC(CCO)NCc1ccccc1C(F)(F)F. The quantitative estimate of drug-likeness (QED) is 0.811. The zero-order valence-electron chi connectivity index (χ0n) is 10.7. The minimum atomic E-state index is -4.33. The van der Waals surface area contributed by atoms with Crippen molar-refractivity contribution in [2.24, 2.45) is 0 Å². The molecule has 1 atom stereocenters. The van der Waals surface area contributed by atoms with Crippen LogP contribution in [0, 0.1) is 0 Å². The molecule has 0 bridgehead atoms. The van der Waals surface area contributed by atoms with Crippen LogP contribution in [0.15, 0.2) is 24.3 Å². The van der Waals surface area contributed by atoms with E-state index in [9.17, 15) is 13.2 Å². The van der Waals surface area contributed by atoms with Crippen molar-refractivity contribution in [1.29, 1.82) is 0 Å². The number of thioether (sulfide) groups is 1. The number of nitrogens with one attached hydrogen (secondary N) is 1. The molecule has 0 fully saturated rings. The van der Waals surface area contributed by atoms with Gasteiger partial charge in [-0.25, -0.2) is 0 Å². The van der Waals surface area contributed by atoms with Crippen molar-refractivity contribution in [2.75, 3.05) is 18.6 Å². The third kappa shape index (κ3) is 5.42. The van der Waals surface area contributed by atoms with Crippen LogP contribution in [-0.2, 0) is 12.7 Å². The first-order chi connectivity index (χ1) is 8.99. The maximum Gasteiger partial charge on any atom is 0.416 e. The van der Waals surface area contributed by atoms with Gasteiger partial charge in [-0.3, -0.25) is 0 Å². The Balaban J connectivity index is 2.71. The third-order valence-electron chi connectivity index (χ3n) is 2.75. The summed E-state index contributed by atoms with van der Waals surface area (Å²) in [5, 5.41) is 12.0. The summed E-state index contributed by atoms with van der Waals surface area (Å²) in [5.41, 5.74) is -0.367. The molecule has 0 aliphatic rings. The minimum Gasteiger partial charge on any atom is -0.396 e. The van der Waals surface area contributed by atoms with Crippen molar-refractivity contribution in [2.45, 2.75) is 25.2 Å². The van der Waals surface area contributed by atoms with E-state index in [4.69, 9.17) is 5.11 Å². The van der Waals surface area contributed by atoms with Crippen LogP contribution in [0.4, 0.5) is 13.2 Å². The van der Waals surface area contributed by atoms with Gasteiger partial charge in [0.05, 0.1) is 5.56 Å². The van der Waals surface area contributed by atoms with E-state index >= 15 is 0 Å². The summed E-state index contributed by atoms with van der Waals surface area (Å²) < 4.78 is 38.4. The highest BCUT2D eigenvalue weighted by molar-refractivity contribution is 7.98. The number of aliphatic hydroxyl groups excluding tert-OH is 1. The highest BCUT2D eigenvalue weighted by Gasteiger charge is 2.32. The number of benzene rings is 1. The van der Waals surface area contributed by atoms with E-state index in [-0.39, 0.29) is 24.8 Å². The van der Waals surface area contributed by atoms with E-state index in [0.29, 0.717) is 6.42 Å². The van der Waals surface area contributed by atoms with E-state index in [2.05, 4.69) is 5.32 Å². The zero-order valence-corrected chi connectivity index (χ0v) is 11.5. The maximum absolute atomic E-state index is 12.8. The van der Waals surface area contributed by atoms with Crippen LogP contribution in [0.3, 0.4) is 0 Å². The Kier molecular flexibility index (Phi) is 6.68. The van der Waals surface area contributed by atoms with E-state index in [1.165, 1.54) is 12.1 Å². The zero-order chi connectivity index (χ0) is 14.3. The Morgan fingerprint density at radius 3 is 2.58 bits per heavy atom. The number of hydrogen-bond acceptors (Lipinski definition) is 3. The summed E-state index contributed by atoms with van der Waals surface area (Å²) >= 11 is 1.60. The molecule has 0 aliphatic carbocycles. The van der Waals surface area contributed by atoms with Crippen LogP contribution in [0.1, 0.15) is 17.5 Å². The fraction of sp³-hybridized carbons (Fsp3) is 0.538. The molecule has 0 spiro atoms. The van der Waals surface area contributed by atoms with Gasteiger partial charge in [0, 0.05) is 24.9 Å². The number of rotatable bonds is 7. The van der Waals surface area contributed by atoms with Gasteiger partial charge in [-0.2, -0.15) is 24.9 Å². The van der Waals surface area contributed by atoms with Crippen LogP contribution >= 0.6 is 11.8 Å². The lowest BCUT2D eigenvalue weighted by molar-refractivity contribution is -0.138. The second-order valence-electron chi connectivity index (χ2n) is 4.20. The van der Waals surface area contributed by atoms with Gasteiger partial charge in [0.1, 0.15) is 0 Å². The van der Waals surface area contributed by atoms with Crippen molar-refractivity contribution in [3.8, 4) is 0 Å². The molecule has 0 saturated carbocycles. The Hall–Kier alpha value is -0.720. The molecular formula is C13H18F3NOS. The monoisotopic (exact) mass is 293 g/mol. The molecule has 2 N–H and O–H groups in total. The number of alkyl halides is 3. The van der Waals surface area contributed by atoms with Gasteiger partial charge >= 0.3 is 6.18 Å². The predicted octanol–water partition coefficient (Wildman–Crippen LogP) is 2.91. The molecule has 2 nitrogen and oxygen atoms in total. The molecule has 6 heteroatoms. The Bertz CT molecular complexity index is 378. The van der Waals surface area contributed by atoms with Crippen LogP contribution in [0.2, 0.25) is 0 Å². The van der Waals surface area contributed by atoms with Gasteiger partial charge in [-0.05, 0) is 24.3 Å². The lowest BCUT2D eigenvalue weighted by Gasteiger charge is -2.19. The van der Waals surface area contributed by atoms with Crippen molar-refractivity contribution in [3.63, 3.8) is 0 Å². The molecular weight excluding hydrogens is 275 g/mol. The van der Waals surface area contributed by atoms with Gasteiger partial charge < -0.3 is 10.4 Å². The number of halogens is 3. The highest BCUT2D eigenvalue weighted by atomic mass is 32.2. The van der Waals surface area contributed by atoms with Gasteiger partial charge in [-0.1, -0.05) is 18.2 Å². The van der Waals surface area contributed by atoms with Crippen LogP contribution in [0.5, 0.6) is 0 Å². The smallest absolute Gasteiger partial charge is 0.396 e. The normalized spacial score (nSPS) is 13.5. The Labute approximate surface area is 115 Å². The summed E-state index contributed by atoms with van der Waals surface area (Å²) in [5.74, 6) is 0.759. The fourth-order valence-electron chi connectivity index (χ4n) is 1.81. The molecule has 0 heterocycles. The van der Waals surface area contributed by atoms with E-state index in [0.717, 1.165) is 11.8 Å². The average Bonchev–Trinajstić information content (AvgIpc) is 2.36. The summed E-state index contributed by atoms with van der Waals surface area (Å²) in [6.45, 7) is 0.181. The molecule has 1 unspecified atom stereocenters. The Morgan fingerprint density at radius 2 is 2.00 bits per heavy atom. The first-order valence-corrected chi connectivity index (χ1v) is 7.36. The molecule has 19 heavy (non-hydrogen) atoms. The largest absolute Gasteiger partial charge is 0.416 e. The second kappa shape index (κ2) is 7.77. The third-order valence-corrected chi connectivity index (χ3v) is 3.49. The number of hydrogen-bond donors (Lipinski definition) is 2. The molecule has 0 aromatic heterocycles. The summed E-state index contributed by atoms with van der Waals surface area (Å²) in [4.78, 5) is 0. The van der Waals surface area contributed by atoms with Crippen molar-refractivity contribution >= 4 is 11.8 Å². The van der Waals surface area contributed by atoms with E-state index in [1.807, 2.05) is 6.26 Å². The standard InChI is InChI=1S/C13H18F3NOS/c1-19-9-11(6-7-18)17-8-10-4-2-3-5-12(10)13(14,15)16/h2-5,11,17-18H,6-9H2,1H3. The van der Waals surface area contributed by atoms with Crippen LogP contribution in [0.25, 0.3) is 0 Å². The molecule has 108 valence electrons. The minimum absolute atomic E-state index is 0.0151.